The largest absolute Gasteiger partial charge is 0.416 e. The second-order valence-electron chi connectivity index (χ2n) is 6.45. The van der Waals surface area contributed by atoms with Crippen LogP contribution < -0.4 is 5.32 Å². The van der Waals surface area contributed by atoms with Crippen LogP contribution in [0.3, 0.4) is 0 Å². The second-order valence-corrected chi connectivity index (χ2v) is 6.45. The molecule has 23 heavy (non-hydrogen) atoms. The normalized spacial score (nSPS) is 22.0. The van der Waals surface area contributed by atoms with E-state index in [1.165, 1.54) is 12.1 Å². The van der Waals surface area contributed by atoms with Crippen molar-refractivity contribution in [3.8, 4) is 0 Å². The Morgan fingerprint density at radius 1 is 1.17 bits per heavy atom. The van der Waals surface area contributed by atoms with Gasteiger partial charge in [0, 0.05) is 0 Å². The van der Waals surface area contributed by atoms with Crippen LogP contribution in [0, 0.1) is 5.92 Å². The van der Waals surface area contributed by atoms with Crippen molar-refractivity contribution in [3.63, 3.8) is 0 Å². The van der Waals surface area contributed by atoms with Crippen LogP contribution in [0.1, 0.15) is 38.3 Å². The van der Waals surface area contributed by atoms with Gasteiger partial charge in [-0.25, -0.2) is 4.79 Å². The van der Waals surface area contributed by atoms with E-state index in [9.17, 15) is 22.8 Å². The zero-order valence-electron chi connectivity index (χ0n) is 13.2. The van der Waals surface area contributed by atoms with E-state index in [2.05, 4.69) is 5.32 Å². The van der Waals surface area contributed by atoms with Crippen LogP contribution in [-0.2, 0) is 17.5 Å². The number of rotatable bonds is 4. The molecule has 0 bridgehead atoms. The number of urea groups is 1. The number of carbonyl (C=O) groups is 2. The van der Waals surface area contributed by atoms with Crippen molar-refractivity contribution in [2.45, 2.75) is 45.5 Å². The number of imide groups is 1. The molecule has 1 saturated heterocycles. The van der Waals surface area contributed by atoms with E-state index in [4.69, 9.17) is 0 Å². The first kappa shape index (κ1) is 17.3. The molecule has 4 nitrogen and oxygen atoms in total. The van der Waals surface area contributed by atoms with E-state index in [-0.39, 0.29) is 18.4 Å². The molecule has 0 aliphatic carbocycles. The lowest BCUT2D eigenvalue weighted by Crippen LogP contribution is -2.44. The molecule has 1 aliphatic heterocycles. The van der Waals surface area contributed by atoms with Gasteiger partial charge in [0.15, 0.2) is 0 Å². The molecule has 1 aromatic rings. The minimum atomic E-state index is -4.41. The van der Waals surface area contributed by atoms with Gasteiger partial charge in [0.05, 0.1) is 12.1 Å². The fourth-order valence-electron chi connectivity index (χ4n) is 2.83. The van der Waals surface area contributed by atoms with Crippen molar-refractivity contribution in [2.75, 3.05) is 0 Å². The molecular formula is C16H19F3N2O2. The third-order valence-electron chi connectivity index (χ3n) is 3.78. The van der Waals surface area contributed by atoms with Crippen LogP contribution in [0.15, 0.2) is 24.3 Å². The summed E-state index contributed by atoms with van der Waals surface area (Å²) in [5, 5.41) is 2.67. The Morgan fingerprint density at radius 3 is 2.22 bits per heavy atom. The lowest BCUT2D eigenvalue weighted by molar-refractivity contribution is -0.137. The fraction of sp³-hybridized carbons (Fsp3) is 0.500. The Morgan fingerprint density at radius 2 is 1.74 bits per heavy atom. The standard InChI is InChI=1S/C16H19F3N2O2/c1-10(2)8-15(3)13(22)21(14(23)20-15)9-11-4-6-12(7-5-11)16(17,18)19/h4-7,10H,8-9H2,1-3H3,(H,20,23). The van der Waals surface area contributed by atoms with E-state index in [1.807, 2.05) is 13.8 Å². The Balaban J connectivity index is 2.14. The monoisotopic (exact) mass is 328 g/mol. The Labute approximate surface area is 132 Å². The molecule has 0 saturated carbocycles. The van der Waals surface area contributed by atoms with Crippen molar-refractivity contribution >= 4 is 11.9 Å². The van der Waals surface area contributed by atoms with Gasteiger partial charge in [0.25, 0.3) is 5.91 Å². The van der Waals surface area contributed by atoms with Gasteiger partial charge >= 0.3 is 12.2 Å². The fourth-order valence-corrected chi connectivity index (χ4v) is 2.83. The summed E-state index contributed by atoms with van der Waals surface area (Å²) in [5.41, 5.74) is -1.25. The SMILES string of the molecule is CC(C)CC1(C)NC(=O)N(Cc2ccc(C(F)(F)F)cc2)C1=O. The minimum absolute atomic E-state index is 0.0451. The van der Waals surface area contributed by atoms with Gasteiger partial charge in [0.2, 0.25) is 0 Å². The predicted octanol–water partition coefficient (Wildman–Crippen LogP) is 3.56. The van der Waals surface area contributed by atoms with Gasteiger partial charge in [-0.3, -0.25) is 9.69 Å². The van der Waals surface area contributed by atoms with Gasteiger partial charge in [-0.15, -0.1) is 0 Å². The predicted molar refractivity (Wildman–Crippen MR) is 78.4 cm³/mol. The number of halogens is 3. The van der Waals surface area contributed by atoms with Crippen molar-refractivity contribution in [3.05, 3.63) is 35.4 Å². The zero-order chi connectivity index (χ0) is 17.4. The maximum atomic E-state index is 12.5. The Kier molecular flexibility index (Phi) is 4.41. The van der Waals surface area contributed by atoms with Gasteiger partial charge in [-0.2, -0.15) is 13.2 Å². The van der Waals surface area contributed by atoms with Crippen LogP contribution in [0.2, 0.25) is 0 Å². The highest BCUT2D eigenvalue weighted by Crippen LogP contribution is 2.30. The summed E-state index contributed by atoms with van der Waals surface area (Å²) < 4.78 is 37.6. The molecule has 126 valence electrons. The highest BCUT2D eigenvalue weighted by Gasteiger charge is 2.47. The van der Waals surface area contributed by atoms with Crippen molar-refractivity contribution in [1.29, 1.82) is 0 Å². The summed E-state index contributed by atoms with van der Waals surface area (Å²) in [6, 6.07) is 3.93. The molecule has 1 atom stereocenters. The molecule has 0 aromatic heterocycles. The summed E-state index contributed by atoms with van der Waals surface area (Å²) in [5.74, 6) is -0.133. The van der Waals surface area contributed by atoms with Crippen LogP contribution in [0.25, 0.3) is 0 Å². The lowest BCUT2D eigenvalue weighted by Gasteiger charge is -2.23. The molecule has 7 heteroatoms. The molecule has 0 radical (unpaired) electrons. The molecule has 2 rings (SSSR count). The van der Waals surface area contributed by atoms with Crippen molar-refractivity contribution in [2.24, 2.45) is 5.92 Å². The van der Waals surface area contributed by atoms with Gasteiger partial charge in [0.1, 0.15) is 5.54 Å². The molecule has 3 amide bonds. The molecule has 1 aromatic carbocycles. The molecule has 0 spiro atoms. The van der Waals surface area contributed by atoms with E-state index >= 15 is 0 Å². The maximum absolute atomic E-state index is 12.5. The van der Waals surface area contributed by atoms with Crippen LogP contribution >= 0.6 is 0 Å². The first-order valence-corrected chi connectivity index (χ1v) is 7.33. The van der Waals surface area contributed by atoms with Gasteiger partial charge < -0.3 is 5.32 Å². The maximum Gasteiger partial charge on any atom is 0.416 e. The van der Waals surface area contributed by atoms with Crippen LogP contribution in [0.5, 0.6) is 0 Å². The summed E-state index contributed by atoms with van der Waals surface area (Å²) in [4.78, 5) is 25.5. The summed E-state index contributed by atoms with van der Waals surface area (Å²) in [6.45, 7) is 5.52. The molecule has 1 N–H and O–H groups in total. The first-order valence-electron chi connectivity index (χ1n) is 7.33. The first-order chi connectivity index (χ1) is 10.5. The number of alkyl halides is 3. The average molecular weight is 328 g/mol. The third-order valence-corrected chi connectivity index (χ3v) is 3.78. The van der Waals surface area contributed by atoms with Crippen molar-refractivity contribution < 1.29 is 22.8 Å². The number of hydrogen-bond donors (Lipinski definition) is 1. The van der Waals surface area contributed by atoms with E-state index in [0.717, 1.165) is 17.0 Å². The molecule has 1 aliphatic rings. The number of amides is 3. The van der Waals surface area contributed by atoms with Gasteiger partial charge in [-0.05, 0) is 37.0 Å². The highest BCUT2D eigenvalue weighted by atomic mass is 19.4. The van der Waals surface area contributed by atoms with E-state index < -0.39 is 23.3 Å². The second kappa shape index (κ2) is 5.86. The summed E-state index contributed by atoms with van der Waals surface area (Å²) >= 11 is 0. The highest BCUT2D eigenvalue weighted by molar-refractivity contribution is 6.06. The average Bonchev–Trinajstić information content (AvgIpc) is 2.61. The lowest BCUT2D eigenvalue weighted by atomic mass is 9.91. The minimum Gasteiger partial charge on any atom is -0.323 e. The Bertz CT molecular complexity index is 611. The Hall–Kier alpha value is -2.05. The third kappa shape index (κ3) is 3.65. The number of nitrogens with zero attached hydrogens (tertiary/aromatic N) is 1. The quantitative estimate of drug-likeness (QED) is 0.859. The number of carbonyl (C=O) groups excluding carboxylic acids is 2. The van der Waals surface area contributed by atoms with Crippen LogP contribution in [0.4, 0.5) is 18.0 Å². The molecular weight excluding hydrogens is 309 g/mol. The van der Waals surface area contributed by atoms with E-state index in [0.29, 0.717) is 12.0 Å². The van der Waals surface area contributed by atoms with Crippen molar-refractivity contribution in [1.82, 2.24) is 10.2 Å². The number of benzene rings is 1. The number of nitrogens with one attached hydrogen (secondary N) is 1. The number of hydrogen-bond acceptors (Lipinski definition) is 2. The zero-order valence-corrected chi connectivity index (χ0v) is 13.2. The molecule has 1 fully saturated rings. The summed E-state index contributed by atoms with van der Waals surface area (Å²) in [7, 11) is 0. The van der Waals surface area contributed by atoms with E-state index in [1.54, 1.807) is 6.92 Å². The summed E-state index contributed by atoms with van der Waals surface area (Å²) in [6.07, 6.45) is -3.91. The van der Waals surface area contributed by atoms with Gasteiger partial charge in [-0.1, -0.05) is 26.0 Å². The van der Waals surface area contributed by atoms with Crippen LogP contribution in [-0.4, -0.2) is 22.4 Å². The molecule has 1 heterocycles. The topological polar surface area (TPSA) is 49.4 Å². The molecule has 1 unspecified atom stereocenters. The smallest absolute Gasteiger partial charge is 0.323 e.